The molecule has 0 aliphatic heterocycles. The van der Waals surface area contributed by atoms with Gasteiger partial charge in [0.1, 0.15) is 5.82 Å². The minimum atomic E-state index is -0.234. The van der Waals surface area contributed by atoms with Gasteiger partial charge in [-0.25, -0.2) is 4.39 Å². The van der Waals surface area contributed by atoms with Crippen LogP contribution in [0.1, 0.15) is 41.8 Å². The van der Waals surface area contributed by atoms with E-state index in [1.807, 2.05) is 0 Å². The number of unbranched alkanes of at least 4 members (excludes halogenated alkanes) is 1. The largest absolute Gasteiger partial charge is 0.207 e. The zero-order valence-electron chi connectivity index (χ0n) is 11.1. The van der Waals surface area contributed by atoms with Gasteiger partial charge in [0.05, 0.1) is 5.38 Å². The first-order valence-electron chi connectivity index (χ1n) is 6.69. The summed E-state index contributed by atoms with van der Waals surface area (Å²) in [5, 5.41) is -0.221. The van der Waals surface area contributed by atoms with Crippen LogP contribution in [0.5, 0.6) is 0 Å². The Hall–Kier alpha value is -1.34. The van der Waals surface area contributed by atoms with E-state index in [1.54, 1.807) is 12.1 Å². The van der Waals surface area contributed by atoms with Crippen molar-refractivity contribution in [1.29, 1.82) is 0 Å². The Kier molecular flexibility index (Phi) is 4.98. The van der Waals surface area contributed by atoms with Gasteiger partial charge in [-0.3, -0.25) is 0 Å². The van der Waals surface area contributed by atoms with Crippen molar-refractivity contribution in [3.63, 3.8) is 0 Å². The average molecular weight is 277 g/mol. The summed E-state index contributed by atoms with van der Waals surface area (Å²) in [5.74, 6) is -0.234. The molecule has 0 amide bonds. The third-order valence-electron chi connectivity index (χ3n) is 3.25. The maximum atomic E-state index is 12.9. The van der Waals surface area contributed by atoms with E-state index in [-0.39, 0.29) is 11.2 Å². The van der Waals surface area contributed by atoms with Gasteiger partial charge in [0.2, 0.25) is 0 Å². The lowest BCUT2D eigenvalue weighted by Gasteiger charge is -2.11. The summed E-state index contributed by atoms with van der Waals surface area (Å²) in [4.78, 5) is 0. The number of alkyl halides is 1. The van der Waals surface area contributed by atoms with E-state index in [1.165, 1.54) is 30.5 Å². The SMILES string of the molecule is CCCCc1ccc(C(Cl)c2ccc(F)cc2)cc1. The number of aryl methyl sites for hydroxylation is 1. The lowest BCUT2D eigenvalue weighted by Crippen LogP contribution is -1.94. The molecule has 0 N–H and O–H groups in total. The van der Waals surface area contributed by atoms with Gasteiger partial charge in [-0.2, -0.15) is 0 Å². The zero-order valence-corrected chi connectivity index (χ0v) is 11.8. The quantitative estimate of drug-likeness (QED) is 0.633. The predicted octanol–water partition coefficient (Wildman–Crippen LogP) is 5.50. The Morgan fingerprint density at radius 3 is 2.00 bits per heavy atom. The Balaban J connectivity index is 2.10. The molecule has 0 heterocycles. The molecule has 0 aromatic heterocycles. The summed E-state index contributed by atoms with van der Waals surface area (Å²) in [5.41, 5.74) is 3.31. The minimum absolute atomic E-state index is 0.221. The second kappa shape index (κ2) is 6.72. The smallest absolute Gasteiger partial charge is 0.123 e. The van der Waals surface area contributed by atoms with Gasteiger partial charge < -0.3 is 0 Å². The first-order chi connectivity index (χ1) is 9.20. The zero-order chi connectivity index (χ0) is 13.7. The van der Waals surface area contributed by atoms with Crippen LogP contribution in [-0.4, -0.2) is 0 Å². The lowest BCUT2D eigenvalue weighted by molar-refractivity contribution is 0.627. The number of benzene rings is 2. The molecule has 0 aliphatic rings. The van der Waals surface area contributed by atoms with Crippen LogP contribution >= 0.6 is 11.6 Å². The Morgan fingerprint density at radius 1 is 0.947 bits per heavy atom. The fourth-order valence-corrected chi connectivity index (χ4v) is 2.35. The van der Waals surface area contributed by atoms with Crippen molar-refractivity contribution in [3.05, 3.63) is 71.0 Å². The van der Waals surface area contributed by atoms with E-state index < -0.39 is 0 Å². The molecule has 0 fully saturated rings. The van der Waals surface area contributed by atoms with E-state index in [0.717, 1.165) is 17.5 Å². The maximum Gasteiger partial charge on any atom is 0.123 e. The molecule has 0 spiro atoms. The summed E-state index contributed by atoms with van der Waals surface area (Å²) < 4.78 is 12.9. The molecule has 0 saturated heterocycles. The van der Waals surface area contributed by atoms with Crippen LogP contribution in [0.3, 0.4) is 0 Å². The van der Waals surface area contributed by atoms with Crippen LogP contribution in [-0.2, 0) is 6.42 Å². The fourth-order valence-electron chi connectivity index (χ4n) is 2.06. The van der Waals surface area contributed by atoms with E-state index in [2.05, 4.69) is 31.2 Å². The third-order valence-corrected chi connectivity index (χ3v) is 3.76. The molecular formula is C17H18ClF. The first kappa shape index (κ1) is 14.1. The van der Waals surface area contributed by atoms with Crippen LogP contribution in [0, 0.1) is 5.82 Å². The van der Waals surface area contributed by atoms with Crippen molar-refractivity contribution in [2.24, 2.45) is 0 Å². The molecule has 100 valence electrons. The van der Waals surface area contributed by atoms with E-state index in [4.69, 9.17) is 11.6 Å². The molecule has 0 radical (unpaired) electrons. The molecule has 0 nitrogen and oxygen atoms in total. The van der Waals surface area contributed by atoms with Gasteiger partial charge in [-0.05, 0) is 41.7 Å². The highest BCUT2D eigenvalue weighted by Gasteiger charge is 2.10. The van der Waals surface area contributed by atoms with E-state index in [9.17, 15) is 4.39 Å². The summed E-state index contributed by atoms with van der Waals surface area (Å²) >= 11 is 6.42. The summed E-state index contributed by atoms with van der Waals surface area (Å²) in [7, 11) is 0. The highest BCUT2D eigenvalue weighted by molar-refractivity contribution is 6.22. The monoisotopic (exact) mass is 276 g/mol. The molecule has 2 aromatic carbocycles. The predicted molar refractivity (Wildman–Crippen MR) is 79.2 cm³/mol. The molecule has 1 unspecified atom stereocenters. The Bertz CT molecular complexity index is 502. The van der Waals surface area contributed by atoms with Gasteiger partial charge >= 0.3 is 0 Å². The molecule has 0 bridgehead atoms. The normalized spacial score (nSPS) is 12.4. The molecule has 0 aliphatic carbocycles. The molecule has 2 aromatic rings. The number of rotatable bonds is 5. The van der Waals surface area contributed by atoms with Crippen molar-refractivity contribution in [2.75, 3.05) is 0 Å². The van der Waals surface area contributed by atoms with Crippen molar-refractivity contribution in [1.82, 2.24) is 0 Å². The van der Waals surface area contributed by atoms with Crippen LogP contribution in [0.15, 0.2) is 48.5 Å². The molecular weight excluding hydrogens is 259 g/mol. The maximum absolute atomic E-state index is 12.9. The number of hydrogen-bond donors (Lipinski definition) is 0. The Morgan fingerprint density at radius 2 is 1.47 bits per heavy atom. The van der Waals surface area contributed by atoms with Crippen molar-refractivity contribution in [3.8, 4) is 0 Å². The first-order valence-corrected chi connectivity index (χ1v) is 7.12. The van der Waals surface area contributed by atoms with Gasteiger partial charge in [0.25, 0.3) is 0 Å². The van der Waals surface area contributed by atoms with E-state index in [0.29, 0.717) is 0 Å². The second-order valence-electron chi connectivity index (χ2n) is 4.76. The van der Waals surface area contributed by atoms with Crippen LogP contribution < -0.4 is 0 Å². The molecule has 2 rings (SSSR count). The topological polar surface area (TPSA) is 0 Å². The highest BCUT2D eigenvalue weighted by Crippen LogP contribution is 2.29. The van der Waals surface area contributed by atoms with Crippen molar-refractivity contribution in [2.45, 2.75) is 31.6 Å². The van der Waals surface area contributed by atoms with Gasteiger partial charge in [0, 0.05) is 0 Å². The van der Waals surface area contributed by atoms with Crippen LogP contribution in [0.4, 0.5) is 4.39 Å². The average Bonchev–Trinajstić information content (AvgIpc) is 2.46. The van der Waals surface area contributed by atoms with Crippen molar-refractivity contribution < 1.29 is 4.39 Å². The van der Waals surface area contributed by atoms with Gasteiger partial charge in [0.15, 0.2) is 0 Å². The van der Waals surface area contributed by atoms with Crippen LogP contribution in [0.2, 0.25) is 0 Å². The van der Waals surface area contributed by atoms with Gasteiger partial charge in [-0.1, -0.05) is 49.7 Å². The molecule has 2 heteroatoms. The lowest BCUT2D eigenvalue weighted by atomic mass is 10.0. The van der Waals surface area contributed by atoms with Crippen LogP contribution in [0.25, 0.3) is 0 Å². The summed E-state index contributed by atoms with van der Waals surface area (Å²) in [6, 6.07) is 14.7. The van der Waals surface area contributed by atoms with Gasteiger partial charge in [-0.15, -0.1) is 11.6 Å². The summed E-state index contributed by atoms with van der Waals surface area (Å²) in [6.45, 7) is 2.19. The van der Waals surface area contributed by atoms with Crippen molar-refractivity contribution >= 4 is 11.6 Å². The third kappa shape index (κ3) is 3.81. The Labute approximate surface area is 119 Å². The second-order valence-corrected chi connectivity index (χ2v) is 5.20. The fraction of sp³-hybridized carbons (Fsp3) is 0.294. The number of halogens is 2. The molecule has 1 atom stereocenters. The summed E-state index contributed by atoms with van der Waals surface area (Å²) in [6.07, 6.45) is 3.53. The van der Waals surface area contributed by atoms with E-state index >= 15 is 0 Å². The standard InChI is InChI=1S/C17H18ClF/c1-2-3-4-13-5-7-14(8-6-13)17(18)15-9-11-16(19)12-10-15/h5-12,17H,2-4H2,1H3. The molecule has 19 heavy (non-hydrogen) atoms. The number of hydrogen-bond acceptors (Lipinski definition) is 0. The molecule has 0 saturated carbocycles. The minimum Gasteiger partial charge on any atom is -0.207 e. The highest BCUT2D eigenvalue weighted by atomic mass is 35.5.